The fraction of sp³-hybridized carbons (Fsp3) is 0.615. The first kappa shape index (κ1) is 12.2. The summed E-state index contributed by atoms with van der Waals surface area (Å²) in [6.07, 6.45) is 6.29. The summed E-state index contributed by atoms with van der Waals surface area (Å²) in [5.74, 6) is 1.18. The van der Waals surface area contributed by atoms with E-state index < -0.39 is 0 Å². The van der Waals surface area contributed by atoms with Crippen LogP contribution in [-0.2, 0) is 11.2 Å². The molecule has 0 aromatic carbocycles. The molecular weight excluding hydrogens is 216 g/mol. The average molecular weight is 236 g/mol. The molecule has 2 rings (SSSR count). The van der Waals surface area contributed by atoms with E-state index in [-0.39, 0.29) is 11.9 Å². The van der Waals surface area contributed by atoms with Crippen molar-refractivity contribution in [2.24, 2.45) is 0 Å². The zero-order valence-electron chi connectivity index (χ0n) is 10.3. The van der Waals surface area contributed by atoms with Crippen molar-refractivity contribution in [1.29, 1.82) is 0 Å². The van der Waals surface area contributed by atoms with Crippen LogP contribution in [0.2, 0.25) is 0 Å². The molecule has 1 aliphatic rings. The van der Waals surface area contributed by atoms with Crippen LogP contribution in [-0.4, -0.2) is 19.5 Å². The number of hydrogen-bond acceptors (Lipinski definition) is 3. The van der Waals surface area contributed by atoms with Gasteiger partial charge in [0, 0.05) is 18.4 Å². The third-order valence-corrected chi connectivity index (χ3v) is 3.22. The Morgan fingerprint density at radius 2 is 2.47 bits per heavy atom. The summed E-state index contributed by atoms with van der Waals surface area (Å²) in [4.78, 5) is 11.7. The van der Waals surface area contributed by atoms with E-state index in [4.69, 9.17) is 4.42 Å². The molecule has 0 aliphatic heterocycles. The van der Waals surface area contributed by atoms with Crippen LogP contribution < -0.4 is 10.6 Å². The number of furan rings is 1. The highest BCUT2D eigenvalue weighted by molar-refractivity contribution is 5.76. The number of fused-ring (bicyclic) bond motifs is 1. The molecule has 1 aromatic rings. The van der Waals surface area contributed by atoms with Gasteiger partial charge in [0.25, 0.3) is 0 Å². The topological polar surface area (TPSA) is 54.3 Å². The Morgan fingerprint density at radius 1 is 1.59 bits per heavy atom. The normalized spacial score (nSPS) is 18.8. The van der Waals surface area contributed by atoms with Gasteiger partial charge in [-0.2, -0.15) is 0 Å². The second-order valence-corrected chi connectivity index (χ2v) is 4.52. The molecule has 17 heavy (non-hydrogen) atoms. The van der Waals surface area contributed by atoms with Crippen LogP contribution in [0.5, 0.6) is 0 Å². The molecule has 1 aromatic heterocycles. The first-order valence-corrected chi connectivity index (χ1v) is 6.31. The van der Waals surface area contributed by atoms with E-state index in [0.717, 1.165) is 38.0 Å². The molecule has 1 atom stereocenters. The number of carbonyl (C=O) groups is 1. The van der Waals surface area contributed by atoms with Gasteiger partial charge in [-0.3, -0.25) is 4.79 Å². The summed E-state index contributed by atoms with van der Waals surface area (Å²) in [5.41, 5.74) is 1.17. The maximum Gasteiger partial charge on any atom is 0.220 e. The summed E-state index contributed by atoms with van der Waals surface area (Å²) in [6, 6.07) is 2.13. The molecule has 1 unspecified atom stereocenters. The van der Waals surface area contributed by atoms with Crippen LogP contribution in [0.3, 0.4) is 0 Å². The van der Waals surface area contributed by atoms with Crippen LogP contribution >= 0.6 is 0 Å². The maximum absolute atomic E-state index is 11.7. The molecule has 94 valence electrons. The Balaban J connectivity index is 1.86. The van der Waals surface area contributed by atoms with Gasteiger partial charge in [0.1, 0.15) is 5.76 Å². The molecule has 0 fully saturated rings. The Morgan fingerprint density at radius 3 is 3.29 bits per heavy atom. The molecule has 0 spiro atoms. The van der Waals surface area contributed by atoms with Gasteiger partial charge in [-0.05, 0) is 38.9 Å². The summed E-state index contributed by atoms with van der Waals surface area (Å²) in [6.45, 7) is 0.884. The minimum atomic E-state index is 0.138. The van der Waals surface area contributed by atoms with Gasteiger partial charge in [-0.25, -0.2) is 0 Å². The Hall–Kier alpha value is -1.29. The van der Waals surface area contributed by atoms with E-state index in [0.29, 0.717) is 6.42 Å². The molecule has 4 nitrogen and oxygen atoms in total. The molecule has 1 heterocycles. The van der Waals surface area contributed by atoms with Gasteiger partial charge >= 0.3 is 0 Å². The highest BCUT2D eigenvalue weighted by Crippen LogP contribution is 2.30. The van der Waals surface area contributed by atoms with E-state index in [2.05, 4.69) is 10.6 Å². The van der Waals surface area contributed by atoms with Crippen molar-refractivity contribution in [3.05, 3.63) is 23.7 Å². The molecule has 0 bridgehead atoms. The molecule has 1 amide bonds. The number of nitrogens with one attached hydrogen (secondary N) is 2. The van der Waals surface area contributed by atoms with Gasteiger partial charge in [0.15, 0.2) is 0 Å². The number of aryl methyl sites for hydroxylation is 1. The lowest BCUT2D eigenvalue weighted by atomic mass is 9.93. The van der Waals surface area contributed by atoms with Gasteiger partial charge in [0.2, 0.25) is 5.91 Å². The SMILES string of the molecule is CNCCCC(=O)NC1CCCc2occc21. The summed E-state index contributed by atoms with van der Waals surface area (Å²) in [7, 11) is 1.90. The monoisotopic (exact) mass is 236 g/mol. The van der Waals surface area contributed by atoms with Gasteiger partial charge in [0.05, 0.1) is 12.3 Å². The Kier molecular flexibility index (Phi) is 4.20. The van der Waals surface area contributed by atoms with Crippen molar-refractivity contribution in [3.8, 4) is 0 Å². The third kappa shape index (κ3) is 3.09. The van der Waals surface area contributed by atoms with Crippen LogP contribution in [0.25, 0.3) is 0 Å². The molecule has 0 radical (unpaired) electrons. The lowest BCUT2D eigenvalue weighted by molar-refractivity contribution is -0.122. The molecule has 4 heteroatoms. The maximum atomic E-state index is 11.7. The molecule has 1 aliphatic carbocycles. The fourth-order valence-electron chi connectivity index (χ4n) is 2.33. The number of hydrogen-bond donors (Lipinski definition) is 2. The van der Waals surface area contributed by atoms with Gasteiger partial charge < -0.3 is 15.1 Å². The van der Waals surface area contributed by atoms with Crippen molar-refractivity contribution in [3.63, 3.8) is 0 Å². The quantitative estimate of drug-likeness (QED) is 0.766. The summed E-state index contributed by atoms with van der Waals surface area (Å²) >= 11 is 0. The standard InChI is InChI=1S/C13H20N2O2/c1-14-8-3-6-13(16)15-11-4-2-5-12-10(11)7-9-17-12/h7,9,11,14H,2-6,8H2,1H3,(H,15,16). The van der Waals surface area contributed by atoms with Gasteiger partial charge in [-0.15, -0.1) is 0 Å². The minimum Gasteiger partial charge on any atom is -0.469 e. The van der Waals surface area contributed by atoms with Crippen molar-refractivity contribution in [1.82, 2.24) is 10.6 Å². The first-order chi connectivity index (χ1) is 8.31. The smallest absolute Gasteiger partial charge is 0.220 e. The third-order valence-electron chi connectivity index (χ3n) is 3.22. The van der Waals surface area contributed by atoms with Crippen molar-refractivity contribution in [2.45, 2.75) is 38.1 Å². The van der Waals surface area contributed by atoms with Crippen LogP contribution in [0.15, 0.2) is 16.7 Å². The predicted octanol–water partition coefficient (Wildman–Crippen LogP) is 1.77. The minimum absolute atomic E-state index is 0.138. The molecule has 0 saturated heterocycles. The summed E-state index contributed by atoms with van der Waals surface area (Å²) < 4.78 is 5.40. The molecule has 2 N–H and O–H groups in total. The van der Waals surface area contributed by atoms with Crippen molar-refractivity contribution < 1.29 is 9.21 Å². The van der Waals surface area contributed by atoms with E-state index in [1.165, 1.54) is 5.56 Å². The van der Waals surface area contributed by atoms with E-state index in [1.54, 1.807) is 6.26 Å². The van der Waals surface area contributed by atoms with E-state index >= 15 is 0 Å². The molecule has 0 saturated carbocycles. The zero-order valence-corrected chi connectivity index (χ0v) is 10.3. The first-order valence-electron chi connectivity index (χ1n) is 6.31. The Labute approximate surface area is 102 Å². The zero-order chi connectivity index (χ0) is 12.1. The second kappa shape index (κ2) is 5.87. The highest BCUT2D eigenvalue weighted by Gasteiger charge is 2.23. The van der Waals surface area contributed by atoms with Crippen LogP contribution in [0.1, 0.15) is 43.0 Å². The van der Waals surface area contributed by atoms with Gasteiger partial charge in [-0.1, -0.05) is 0 Å². The lowest BCUT2D eigenvalue weighted by Crippen LogP contribution is -2.30. The van der Waals surface area contributed by atoms with Crippen molar-refractivity contribution in [2.75, 3.05) is 13.6 Å². The van der Waals surface area contributed by atoms with Crippen LogP contribution in [0, 0.1) is 0 Å². The number of amides is 1. The van der Waals surface area contributed by atoms with Crippen LogP contribution in [0.4, 0.5) is 0 Å². The lowest BCUT2D eigenvalue weighted by Gasteiger charge is -2.22. The largest absolute Gasteiger partial charge is 0.469 e. The predicted molar refractivity (Wildman–Crippen MR) is 65.7 cm³/mol. The highest BCUT2D eigenvalue weighted by atomic mass is 16.3. The average Bonchev–Trinajstić information content (AvgIpc) is 2.78. The van der Waals surface area contributed by atoms with Crippen molar-refractivity contribution >= 4 is 5.91 Å². The van der Waals surface area contributed by atoms with E-state index in [9.17, 15) is 4.79 Å². The summed E-state index contributed by atoms with van der Waals surface area (Å²) in [5, 5.41) is 6.14. The fourth-order valence-corrected chi connectivity index (χ4v) is 2.33. The number of rotatable bonds is 5. The Bertz CT molecular complexity index is 373. The number of carbonyl (C=O) groups excluding carboxylic acids is 1. The second-order valence-electron chi connectivity index (χ2n) is 4.52. The molecular formula is C13H20N2O2. The van der Waals surface area contributed by atoms with E-state index in [1.807, 2.05) is 13.1 Å².